The zero-order valence-electron chi connectivity index (χ0n) is 16.3. The van der Waals surface area contributed by atoms with E-state index in [1.165, 1.54) is 6.42 Å². The first-order chi connectivity index (χ1) is 13.0. The van der Waals surface area contributed by atoms with Crippen LogP contribution < -0.4 is 5.32 Å². The van der Waals surface area contributed by atoms with Crippen LogP contribution in [0.2, 0.25) is 5.02 Å². The monoisotopic (exact) mass is 391 g/mol. The van der Waals surface area contributed by atoms with Gasteiger partial charge in [-0.1, -0.05) is 23.7 Å². The lowest BCUT2D eigenvalue weighted by Gasteiger charge is -2.36. The molecule has 2 fully saturated rings. The number of piperazine rings is 1. The SMILES string of the molecule is CCNC(=NCC1CCN(C)C1)N1CCN(Cc2ccc(Cl)cc2)C(=O)C1. The summed E-state index contributed by atoms with van der Waals surface area (Å²) in [6, 6.07) is 7.69. The van der Waals surface area contributed by atoms with Gasteiger partial charge in [0.15, 0.2) is 5.96 Å². The molecule has 1 amide bonds. The van der Waals surface area contributed by atoms with Crippen LogP contribution in [0, 0.1) is 5.92 Å². The van der Waals surface area contributed by atoms with Crippen molar-refractivity contribution in [3.8, 4) is 0 Å². The van der Waals surface area contributed by atoms with Crippen molar-refractivity contribution in [3.05, 3.63) is 34.9 Å². The Morgan fingerprint density at radius 2 is 2.04 bits per heavy atom. The molecule has 0 bridgehead atoms. The van der Waals surface area contributed by atoms with Gasteiger partial charge in [-0.05, 0) is 50.6 Å². The standard InChI is InChI=1S/C20H30ClN5O/c1-3-22-20(23-12-17-8-9-24(2)13-17)26-11-10-25(19(27)15-26)14-16-4-6-18(21)7-5-16/h4-7,17H,3,8-15H2,1-2H3,(H,22,23). The van der Waals surface area contributed by atoms with Crippen molar-refractivity contribution in [2.24, 2.45) is 10.9 Å². The summed E-state index contributed by atoms with van der Waals surface area (Å²) in [6.07, 6.45) is 1.20. The van der Waals surface area contributed by atoms with E-state index < -0.39 is 0 Å². The maximum absolute atomic E-state index is 12.7. The zero-order chi connectivity index (χ0) is 19.2. The second-order valence-electron chi connectivity index (χ2n) is 7.47. The molecule has 1 aromatic rings. The Labute approximate surface area is 167 Å². The van der Waals surface area contributed by atoms with E-state index in [1.807, 2.05) is 29.2 Å². The number of carbonyl (C=O) groups excluding carboxylic acids is 1. The Morgan fingerprint density at radius 1 is 1.26 bits per heavy atom. The Hall–Kier alpha value is -1.79. The number of hydrogen-bond donors (Lipinski definition) is 1. The van der Waals surface area contributed by atoms with Crippen LogP contribution in [0.5, 0.6) is 0 Å². The molecule has 2 heterocycles. The Morgan fingerprint density at radius 3 is 2.67 bits per heavy atom. The minimum absolute atomic E-state index is 0.141. The van der Waals surface area contributed by atoms with Gasteiger partial charge in [-0.15, -0.1) is 0 Å². The highest BCUT2D eigenvalue weighted by Gasteiger charge is 2.26. The largest absolute Gasteiger partial charge is 0.357 e. The third-order valence-corrected chi connectivity index (χ3v) is 5.48. The Bertz CT molecular complexity index is 663. The minimum Gasteiger partial charge on any atom is -0.357 e. The minimum atomic E-state index is 0.141. The molecule has 27 heavy (non-hydrogen) atoms. The number of aliphatic imine (C=N–C) groups is 1. The molecule has 7 heteroatoms. The van der Waals surface area contributed by atoms with Crippen LogP contribution in [0.15, 0.2) is 29.3 Å². The first-order valence-electron chi connectivity index (χ1n) is 9.79. The number of carbonyl (C=O) groups is 1. The molecule has 0 aliphatic carbocycles. The number of halogens is 1. The van der Waals surface area contributed by atoms with Gasteiger partial charge < -0.3 is 20.0 Å². The summed E-state index contributed by atoms with van der Waals surface area (Å²) in [5.41, 5.74) is 1.10. The number of benzene rings is 1. The first-order valence-corrected chi connectivity index (χ1v) is 10.2. The second kappa shape index (κ2) is 9.42. The lowest BCUT2D eigenvalue weighted by Crippen LogP contribution is -2.55. The zero-order valence-corrected chi connectivity index (χ0v) is 17.1. The van der Waals surface area contributed by atoms with E-state index in [4.69, 9.17) is 16.6 Å². The summed E-state index contributed by atoms with van der Waals surface area (Å²) < 4.78 is 0. The normalized spacial score (nSPS) is 21.8. The third-order valence-electron chi connectivity index (χ3n) is 5.23. The van der Waals surface area contributed by atoms with Crippen molar-refractivity contribution in [3.63, 3.8) is 0 Å². The maximum atomic E-state index is 12.7. The van der Waals surface area contributed by atoms with Crippen molar-refractivity contribution < 1.29 is 4.79 Å². The molecule has 1 unspecified atom stereocenters. The summed E-state index contributed by atoms with van der Waals surface area (Å²) >= 11 is 5.94. The summed E-state index contributed by atoms with van der Waals surface area (Å²) in [6.45, 7) is 8.48. The smallest absolute Gasteiger partial charge is 0.242 e. The fourth-order valence-corrected chi connectivity index (χ4v) is 3.81. The Kier molecular flexibility index (Phi) is 6.96. The lowest BCUT2D eigenvalue weighted by atomic mass is 10.1. The average Bonchev–Trinajstić information content (AvgIpc) is 3.07. The van der Waals surface area contributed by atoms with Crippen molar-refractivity contribution in [2.45, 2.75) is 19.9 Å². The molecule has 2 aliphatic rings. The van der Waals surface area contributed by atoms with E-state index in [1.54, 1.807) is 0 Å². The molecule has 148 valence electrons. The second-order valence-corrected chi connectivity index (χ2v) is 7.91. The van der Waals surface area contributed by atoms with E-state index in [0.717, 1.165) is 49.3 Å². The Balaban J connectivity index is 1.56. The van der Waals surface area contributed by atoms with E-state index in [0.29, 0.717) is 25.6 Å². The topological polar surface area (TPSA) is 51.2 Å². The highest BCUT2D eigenvalue weighted by atomic mass is 35.5. The molecule has 2 aliphatic heterocycles. The highest BCUT2D eigenvalue weighted by molar-refractivity contribution is 6.30. The fourth-order valence-electron chi connectivity index (χ4n) is 3.68. The van der Waals surface area contributed by atoms with Crippen molar-refractivity contribution in [1.29, 1.82) is 0 Å². The van der Waals surface area contributed by atoms with Gasteiger partial charge in [-0.25, -0.2) is 0 Å². The first kappa shape index (κ1) is 20.0. The molecular weight excluding hydrogens is 362 g/mol. The molecule has 0 aromatic heterocycles. The number of nitrogens with one attached hydrogen (secondary N) is 1. The van der Waals surface area contributed by atoms with Crippen molar-refractivity contribution >= 4 is 23.5 Å². The molecule has 2 saturated heterocycles. The molecule has 6 nitrogen and oxygen atoms in total. The van der Waals surface area contributed by atoms with Crippen LogP contribution in [0.3, 0.4) is 0 Å². The average molecular weight is 392 g/mol. The number of amides is 1. The van der Waals surface area contributed by atoms with Crippen LogP contribution in [-0.4, -0.2) is 79.4 Å². The van der Waals surface area contributed by atoms with Crippen LogP contribution in [0.1, 0.15) is 18.9 Å². The molecule has 1 N–H and O–H groups in total. The van der Waals surface area contributed by atoms with Gasteiger partial charge in [0.05, 0.1) is 6.54 Å². The molecule has 1 atom stereocenters. The lowest BCUT2D eigenvalue weighted by molar-refractivity contribution is -0.135. The van der Waals surface area contributed by atoms with Crippen LogP contribution in [0.25, 0.3) is 0 Å². The van der Waals surface area contributed by atoms with Crippen LogP contribution in [-0.2, 0) is 11.3 Å². The van der Waals surface area contributed by atoms with Crippen LogP contribution in [0.4, 0.5) is 0 Å². The number of rotatable bonds is 5. The summed E-state index contributed by atoms with van der Waals surface area (Å²) in [7, 11) is 2.16. The number of hydrogen-bond acceptors (Lipinski definition) is 3. The van der Waals surface area contributed by atoms with Gasteiger partial charge in [0.1, 0.15) is 0 Å². The van der Waals surface area contributed by atoms with Gasteiger partial charge in [-0.3, -0.25) is 9.79 Å². The molecule has 3 rings (SSSR count). The summed E-state index contributed by atoms with van der Waals surface area (Å²) in [4.78, 5) is 23.8. The van der Waals surface area contributed by atoms with Gasteiger partial charge >= 0.3 is 0 Å². The van der Waals surface area contributed by atoms with Crippen LogP contribution >= 0.6 is 11.6 Å². The van der Waals surface area contributed by atoms with Crippen molar-refractivity contribution in [2.75, 3.05) is 52.9 Å². The number of likely N-dealkylation sites (tertiary alicyclic amines) is 1. The molecule has 0 spiro atoms. The summed E-state index contributed by atoms with van der Waals surface area (Å²) in [5, 5.41) is 4.07. The molecule has 1 aromatic carbocycles. The van der Waals surface area contributed by atoms with E-state index in [-0.39, 0.29) is 5.91 Å². The molecular formula is C20H30ClN5O. The number of nitrogens with zero attached hydrogens (tertiary/aromatic N) is 4. The highest BCUT2D eigenvalue weighted by Crippen LogP contribution is 2.16. The summed E-state index contributed by atoms with van der Waals surface area (Å²) in [5.74, 6) is 1.62. The van der Waals surface area contributed by atoms with Gasteiger partial charge in [0.2, 0.25) is 5.91 Å². The molecule has 0 saturated carbocycles. The third kappa shape index (κ3) is 5.59. The van der Waals surface area contributed by atoms with E-state index in [2.05, 4.69) is 29.1 Å². The number of guanidine groups is 1. The maximum Gasteiger partial charge on any atom is 0.242 e. The predicted octanol–water partition coefficient (Wildman–Crippen LogP) is 1.90. The van der Waals surface area contributed by atoms with Crippen molar-refractivity contribution in [1.82, 2.24) is 20.0 Å². The predicted molar refractivity (Wildman–Crippen MR) is 110 cm³/mol. The van der Waals surface area contributed by atoms with Gasteiger partial charge in [-0.2, -0.15) is 0 Å². The van der Waals surface area contributed by atoms with E-state index >= 15 is 0 Å². The van der Waals surface area contributed by atoms with E-state index in [9.17, 15) is 4.79 Å². The fraction of sp³-hybridized carbons (Fsp3) is 0.600. The molecule has 0 radical (unpaired) electrons. The quantitative estimate of drug-likeness (QED) is 0.615. The van der Waals surface area contributed by atoms with Gasteiger partial charge in [0, 0.05) is 44.3 Å². The van der Waals surface area contributed by atoms with Gasteiger partial charge in [0.25, 0.3) is 0 Å².